The molecule has 12 heavy (non-hydrogen) atoms. The Labute approximate surface area is 73.2 Å². The number of likely N-dealkylation sites (N-methyl/N-ethyl adjacent to an activating group) is 1. The third-order valence-corrected chi connectivity index (χ3v) is 1.65. The summed E-state index contributed by atoms with van der Waals surface area (Å²) in [6.07, 6.45) is 0. The third kappa shape index (κ3) is 3.07. The minimum atomic E-state index is 0.815. The molecule has 0 fully saturated rings. The Bertz CT molecular complexity index is 220. The maximum absolute atomic E-state index is 5.38. The normalized spacial score (nSPS) is 10.5. The van der Waals surface area contributed by atoms with Crippen LogP contribution in [0.2, 0.25) is 0 Å². The van der Waals surface area contributed by atoms with Crippen molar-refractivity contribution in [2.24, 2.45) is 0 Å². The number of rotatable bonds is 5. The Morgan fingerprint density at radius 2 is 2.17 bits per heavy atom. The van der Waals surface area contributed by atoms with Gasteiger partial charge in [0.1, 0.15) is 11.5 Å². The van der Waals surface area contributed by atoms with Crippen molar-refractivity contribution in [3.05, 3.63) is 23.7 Å². The van der Waals surface area contributed by atoms with Gasteiger partial charge in [-0.1, -0.05) is 0 Å². The highest BCUT2D eigenvalue weighted by Gasteiger charge is 1.95. The Morgan fingerprint density at radius 3 is 2.75 bits per heavy atom. The minimum absolute atomic E-state index is 0.815. The van der Waals surface area contributed by atoms with Gasteiger partial charge in [0.2, 0.25) is 0 Å². The van der Waals surface area contributed by atoms with Gasteiger partial charge >= 0.3 is 0 Å². The van der Waals surface area contributed by atoms with Crippen LogP contribution in [-0.4, -0.2) is 20.1 Å². The third-order valence-electron chi connectivity index (χ3n) is 1.65. The predicted molar refractivity (Wildman–Crippen MR) is 49.1 cm³/mol. The van der Waals surface area contributed by atoms with Crippen LogP contribution >= 0.6 is 0 Å². The number of nitrogens with one attached hydrogen (secondary N) is 2. The number of hydrogen-bond acceptors (Lipinski definition) is 3. The second-order valence-electron chi connectivity index (χ2n) is 2.79. The molecule has 0 saturated carbocycles. The van der Waals surface area contributed by atoms with E-state index in [4.69, 9.17) is 4.42 Å². The topological polar surface area (TPSA) is 37.2 Å². The molecule has 3 heteroatoms. The molecule has 0 spiro atoms. The Morgan fingerprint density at radius 1 is 1.33 bits per heavy atom. The summed E-state index contributed by atoms with van der Waals surface area (Å²) in [5.41, 5.74) is 0. The van der Waals surface area contributed by atoms with E-state index in [2.05, 4.69) is 10.6 Å². The van der Waals surface area contributed by atoms with Crippen molar-refractivity contribution in [1.82, 2.24) is 10.6 Å². The lowest BCUT2D eigenvalue weighted by Gasteiger charge is -2.00. The molecular formula is C9H16N2O. The Kier molecular flexibility index (Phi) is 3.84. The van der Waals surface area contributed by atoms with Crippen molar-refractivity contribution in [2.75, 3.05) is 20.1 Å². The van der Waals surface area contributed by atoms with E-state index in [-0.39, 0.29) is 0 Å². The molecule has 0 aliphatic carbocycles. The van der Waals surface area contributed by atoms with Gasteiger partial charge in [-0.3, -0.25) is 0 Å². The van der Waals surface area contributed by atoms with Crippen molar-refractivity contribution in [2.45, 2.75) is 13.5 Å². The highest BCUT2D eigenvalue weighted by molar-refractivity contribution is 5.04. The lowest BCUT2D eigenvalue weighted by atomic mass is 10.4. The van der Waals surface area contributed by atoms with Gasteiger partial charge in [-0.2, -0.15) is 0 Å². The summed E-state index contributed by atoms with van der Waals surface area (Å²) in [5, 5.41) is 6.33. The first-order valence-corrected chi connectivity index (χ1v) is 4.23. The van der Waals surface area contributed by atoms with Crippen molar-refractivity contribution in [3.63, 3.8) is 0 Å². The molecular weight excluding hydrogens is 152 g/mol. The van der Waals surface area contributed by atoms with Gasteiger partial charge in [0.15, 0.2) is 0 Å². The quantitative estimate of drug-likeness (QED) is 0.641. The van der Waals surface area contributed by atoms with E-state index in [1.165, 1.54) is 0 Å². The van der Waals surface area contributed by atoms with Gasteiger partial charge in [-0.15, -0.1) is 0 Å². The van der Waals surface area contributed by atoms with Gasteiger partial charge in [0, 0.05) is 13.1 Å². The van der Waals surface area contributed by atoms with Crippen LogP contribution in [0.25, 0.3) is 0 Å². The SMILES string of the molecule is CNCCNCc1ccc(C)o1. The maximum atomic E-state index is 5.38. The fourth-order valence-electron chi connectivity index (χ4n) is 1.01. The minimum Gasteiger partial charge on any atom is -0.465 e. The fourth-order valence-corrected chi connectivity index (χ4v) is 1.01. The number of aryl methyl sites for hydroxylation is 1. The second kappa shape index (κ2) is 4.95. The molecule has 1 aromatic heterocycles. The van der Waals surface area contributed by atoms with Gasteiger partial charge in [-0.05, 0) is 26.1 Å². The van der Waals surface area contributed by atoms with Crippen LogP contribution in [-0.2, 0) is 6.54 Å². The van der Waals surface area contributed by atoms with Crippen LogP contribution < -0.4 is 10.6 Å². The molecule has 0 aliphatic rings. The highest BCUT2D eigenvalue weighted by atomic mass is 16.3. The molecule has 2 N–H and O–H groups in total. The summed E-state index contributed by atoms with van der Waals surface area (Å²) in [7, 11) is 1.94. The summed E-state index contributed by atoms with van der Waals surface area (Å²) >= 11 is 0. The number of furan rings is 1. The zero-order valence-corrected chi connectivity index (χ0v) is 7.68. The molecule has 0 unspecified atom stereocenters. The standard InChI is InChI=1S/C9H16N2O/c1-8-3-4-9(12-8)7-11-6-5-10-2/h3-4,10-11H,5-7H2,1-2H3. The van der Waals surface area contributed by atoms with E-state index in [9.17, 15) is 0 Å². The fraction of sp³-hybridized carbons (Fsp3) is 0.556. The zero-order chi connectivity index (χ0) is 8.81. The molecule has 68 valence electrons. The Balaban J connectivity index is 2.15. The molecule has 1 rings (SSSR count). The molecule has 0 radical (unpaired) electrons. The van der Waals surface area contributed by atoms with Crippen LogP contribution in [0.4, 0.5) is 0 Å². The van der Waals surface area contributed by atoms with Crippen LogP contribution in [0.15, 0.2) is 16.5 Å². The average molecular weight is 168 g/mol. The zero-order valence-electron chi connectivity index (χ0n) is 7.68. The van der Waals surface area contributed by atoms with Gasteiger partial charge in [-0.25, -0.2) is 0 Å². The summed E-state index contributed by atoms with van der Waals surface area (Å²) < 4.78 is 5.38. The summed E-state index contributed by atoms with van der Waals surface area (Å²) in [6.45, 7) is 4.72. The molecule has 1 aromatic rings. The van der Waals surface area contributed by atoms with Crippen molar-refractivity contribution in [3.8, 4) is 0 Å². The molecule has 3 nitrogen and oxygen atoms in total. The number of hydrogen-bond donors (Lipinski definition) is 2. The van der Waals surface area contributed by atoms with E-state index in [0.29, 0.717) is 0 Å². The largest absolute Gasteiger partial charge is 0.465 e. The van der Waals surface area contributed by atoms with E-state index in [0.717, 1.165) is 31.2 Å². The molecule has 0 bridgehead atoms. The van der Waals surface area contributed by atoms with E-state index in [1.54, 1.807) is 0 Å². The van der Waals surface area contributed by atoms with Crippen LogP contribution in [0.5, 0.6) is 0 Å². The maximum Gasteiger partial charge on any atom is 0.117 e. The molecule has 1 heterocycles. The van der Waals surface area contributed by atoms with E-state index in [1.807, 2.05) is 26.1 Å². The molecule has 0 aliphatic heterocycles. The first-order valence-electron chi connectivity index (χ1n) is 4.23. The second-order valence-corrected chi connectivity index (χ2v) is 2.79. The smallest absolute Gasteiger partial charge is 0.117 e. The molecule has 0 aromatic carbocycles. The molecule has 0 saturated heterocycles. The first-order chi connectivity index (χ1) is 5.83. The summed E-state index contributed by atoms with van der Waals surface area (Å²) in [6, 6.07) is 3.98. The monoisotopic (exact) mass is 168 g/mol. The van der Waals surface area contributed by atoms with Crippen molar-refractivity contribution in [1.29, 1.82) is 0 Å². The Hall–Kier alpha value is -0.800. The highest BCUT2D eigenvalue weighted by Crippen LogP contribution is 2.04. The average Bonchev–Trinajstić information content (AvgIpc) is 2.45. The van der Waals surface area contributed by atoms with Crippen molar-refractivity contribution >= 4 is 0 Å². The predicted octanol–water partition coefficient (Wildman–Crippen LogP) is 0.897. The van der Waals surface area contributed by atoms with Crippen molar-refractivity contribution < 1.29 is 4.42 Å². The van der Waals surface area contributed by atoms with E-state index >= 15 is 0 Å². The summed E-state index contributed by atoms with van der Waals surface area (Å²) in [5.74, 6) is 1.98. The first kappa shape index (κ1) is 9.29. The lowest BCUT2D eigenvalue weighted by molar-refractivity contribution is 0.461. The van der Waals surface area contributed by atoms with Gasteiger partial charge in [0.05, 0.1) is 6.54 Å². The van der Waals surface area contributed by atoms with Crippen LogP contribution in [0.1, 0.15) is 11.5 Å². The summed E-state index contributed by atoms with van der Waals surface area (Å²) in [4.78, 5) is 0. The molecule has 0 atom stereocenters. The van der Waals surface area contributed by atoms with Crippen LogP contribution in [0.3, 0.4) is 0 Å². The molecule has 0 amide bonds. The van der Waals surface area contributed by atoms with E-state index < -0.39 is 0 Å². The van der Waals surface area contributed by atoms with Crippen LogP contribution in [0, 0.1) is 6.92 Å². The lowest BCUT2D eigenvalue weighted by Crippen LogP contribution is -2.24. The van der Waals surface area contributed by atoms with Gasteiger partial charge in [0.25, 0.3) is 0 Å². The van der Waals surface area contributed by atoms with Gasteiger partial charge < -0.3 is 15.1 Å².